The molecule has 1 heterocycles. The van der Waals surface area contributed by atoms with Gasteiger partial charge in [0.1, 0.15) is 0 Å². The van der Waals surface area contributed by atoms with Crippen LogP contribution in [0.3, 0.4) is 0 Å². The molecule has 0 fully saturated rings. The van der Waals surface area contributed by atoms with Crippen LogP contribution in [-0.4, -0.2) is 37.2 Å². The summed E-state index contributed by atoms with van der Waals surface area (Å²) in [6.07, 6.45) is 1.88. The maximum Gasteiger partial charge on any atom is 0.165 e. The third-order valence-electron chi connectivity index (χ3n) is 3.05. The zero-order valence-electron chi connectivity index (χ0n) is 12.3. The third-order valence-corrected chi connectivity index (χ3v) is 3.05. The van der Waals surface area contributed by atoms with E-state index in [9.17, 15) is 4.39 Å². The standard InChI is InChI=1S/C15H20FN3O2/c1-20-8-6-17-10-13-5-7-19(18-13)11-12-3-4-15(21-2)14(16)9-12/h3-5,7,9,17H,6,8,10-11H2,1-2H3. The lowest BCUT2D eigenvalue weighted by molar-refractivity contribution is 0.199. The summed E-state index contributed by atoms with van der Waals surface area (Å²) in [7, 11) is 3.12. The second-order valence-corrected chi connectivity index (χ2v) is 4.64. The molecular formula is C15H20FN3O2. The Morgan fingerprint density at radius 1 is 1.29 bits per heavy atom. The van der Waals surface area contributed by atoms with Gasteiger partial charge in [-0.1, -0.05) is 6.07 Å². The van der Waals surface area contributed by atoms with Crippen molar-refractivity contribution in [1.82, 2.24) is 15.1 Å². The van der Waals surface area contributed by atoms with E-state index in [0.717, 1.165) is 17.8 Å². The fourth-order valence-electron chi connectivity index (χ4n) is 1.97. The average Bonchev–Trinajstić information content (AvgIpc) is 2.91. The van der Waals surface area contributed by atoms with Crippen LogP contribution < -0.4 is 10.1 Å². The molecule has 0 atom stereocenters. The van der Waals surface area contributed by atoms with Gasteiger partial charge in [0.2, 0.25) is 0 Å². The maximum atomic E-state index is 13.6. The van der Waals surface area contributed by atoms with Gasteiger partial charge in [-0.2, -0.15) is 5.10 Å². The summed E-state index contributed by atoms with van der Waals surface area (Å²) >= 11 is 0. The minimum atomic E-state index is -0.358. The van der Waals surface area contributed by atoms with Gasteiger partial charge in [0.05, 0.1) is 26.0 Å². The van der Waals surface area contributed by atoms with Crippen LogP contribution in [0, 0.1) is 5.82 Å². The monoisotopic (exact) mass is 293 g/mol. The molecule has 0 bridgehead atoms. The minimum absolute atomic E-state index is 0.252. The first-order valence-corrected chi connectivity index (χ1v) is 6.77. The number of hydrogen-bond donors (Lipinski definition) is 1. The molecule has 0 amide bonds. The molecule has 0 aliphatic heterocycles. The molecule has 1 aromatic heterocycles. The summed E-state index contributed by atoms with van der Waals surface area (Å²) in [4.78, 5) is 0. The number of nitrogens with zero attached hydrogens (tertiary/aromatic N) is 2. The first-order valence-electron chi connectivity index (χ1n) is 6.77. The second kappa shape index (κ2) is 7.75. The molecule has 0 saturated heterocycles. The van der Waals surface area contributed by atoms with Crippen molar-refractivity contribution in [2.45, 2.75) is 13.1 Å². The summed E-state index contributed by atoms with van der Waals surface area (Å²) in [5, 5.41) is 7.66. The molecule has 5 nitrogen and oxygen atoms in total. The highest BCUT2D eigenvalue weighted by Gasteiger charge is 2.05. The first kappa shape index (κ1) is 15.5. The van der Waals surface area contributed by atoms with Gasteiger partial charge in [0.25, 0.3) is 0 Å². The molecule has 114 valence electrons. The number of ether oxygens (including phenoxy) is 2. The number of hydrogen-bond acceptors (Lipinski definition) is 4. The molecular weight excluding hydrogens is 273 g/mol. The summed E-state index contributed by atoms with van der Waals surface area (Å²) in [5.41, 5.74) is 1.79. The average molecular weight is 293 g/mol. The van der Waals surface area contributed by atoms with Crippen molar-refractivity contribution in [3.63, 3.8) is 0 Å². The van der Waals surface area contributed by atoms with E-state index >= 15 is 0 Å². The molecule has 6 heteroatoms. The summed E-state index contributed by atoms with van der Waals surface area (Å²) < 4.78 is 25.3. The summed E-state index contributed by atoms with van der Waals surface area (Å²) in [5.74, 6) is -0.106. The Bertz CT molecular complexity index is 572. The lowest BCUT2D eigenvalue weighted by Crippen LogP contribution is -2.19. The number of rotatable bonds is 8. The van der Waals surface area contributed by atoms with E-state index in [0.29, 0.717) is 19.7 Å². The van der Waals surface area contributed by atoms with E-state index in [-0.39, 0.29) is 11.6 Å². The van der Waals surface area contributed by atoms with E-state index in [1.165, 1.54) is 13.2 Å². The molecule has 0 unspecified atom stereocenters. The topological polar surface area (TPSA) is 48.3 Å². The molecule has 2 aromatic rings. The predicted octanol–water partition coefficient (Wildman–Crippen LogP) is 1.82. The number of halogens is 1. The Balaban J connectivity index is 1.91. The van der Waals surface area contributed by atoms with Crippen LogP contribution in [0.15, 0.2) is 30.5 Å². The van der Waals surface area contributed by atoms with Gasteiger partial charge < -0.3 is 14.8 Å². The van der Waals surface area contributed by atoms with Gasteiger partial charge in [0, 0.05) is 26.4 Å². The van der Waals surface area contributed by atoms with Crippen molar-refractivity contribution in [1.29, 1.82) is 0 Å². The Morgan fingerprint density at radius 3 is 2.86 bits per heavy atom. The van der Waals surface area contributed by atoms with Crippen LogP contribution in [0.4, 0.5) is 4.39 Å². The summed E-state index contributed by atoms with van der Waals surface area (Å²) in [6, 6.07) is 6.87. The van der Waals surface area contributed by atoms with Gasteiger partial charge in [-0.25, -0.2) is 4.39 Å². The Hall–Kier alpha value is -1.92. The zero-order chi connectivity index (χ0) is 15.1. The van der Waals surface area contributed by atoms with Crippen molar-refractivity contribution in [2.75, 3.05) is 27.4 Å². The Morgan fingerprint density at radius 2 is 2.14 bits per heavy atom. The van der Waals surface area contributed by atoms with Gasteiger partial charge in [-0.3, -0.25) is 4.68 Å². The van der Waals surface area contributed by atoms with Crippen molar-refractivity contribution < 1.29 is 13.9 Å². The lowest BCUT2D eigenvalue weighted by atomic mass is 10.2. The second-order valence-electron chi connectivity index (χ2n) is 4.64. The van der Waals surface area contributed by atoms with Crippen LogP contribution in [-0.2, 0) is 17.8 Å². The van der Waals surface area contributed by atoms with Crippen LogP contribution in [0.1, 0.15) is 11.3 Å². The lowest BCUT2D eigenvalue weighted by Gasteiger charge is -2.05. The van der Waals surface area contributed by atoms with Crippen LogP contribution in [0.25, 0.3) is 0 Å². The molecule has 1 aromatic carbocycles. The fourth-order valence-corrected chi connectivity index (χ4v) is 1.97. The number of benzene rings is 1. The molecule has 21 heavy (non-hydrogen) atoms. The quantitative estimate of drug-likeness (QED) is 0.754. The third kappa shape index (κ3) is 4.54. The van der Waals surface area contributed by atoms with Gasteiger partial charge in [-0.05, 0) is 23.8 Å². The van der Waals surface area contributed by atoms with Crippen LogP contribution >= 0.6 is 0 Å². The van der Waals surface area contributed by atoms with Crippen molar-refractivity contribution in [2.24, 2.45) is 0 Å². The fraction of sp³-hybridized carbons (Fsp3) is 0.400. The molecule has 1 N–H and O–H groups in total. The van der Waals surface area contributed by atoms with Crippen molar-refractivity contribution in [3.05, 3.63) is 47.5 Å². The minimum Gasteiger partial charge on any atom is -0.494 e. The Labute approximate surface area is 123 Å². The number of methoxy groups -OCH3 is 2. The molecule has 0 spiro atoms. The van der Waals surface area contributed by atoms with Crippen LogP contribution in [0.2, 0.25) is 0 Å². The van der Waals surface area contributed by atoms with Gasteiger partial charge >= 0.3 is 0 Å². The number of nitrogens with one attached hydrogen (secondary N) is 1. The molecule has 0 aliphatic carbocycles. The van der Waals surface area contributed by atoms with Crippen molar-refractivity contribution >= 4 is 0 Å². The highest BCUT2D eigenvalue weighted by atomic mass is 19.1. The highest BCUT2D eigenvalue weighted by molar-refractivity contribution is 5.29. The maximum absolute atomic E-state index is 13.6. The SMILES string of the molecule is COCCNCc1ccn(Cc2ccc(OC)c(F)c2)n1. The van der Waals surface area contributed by atoms with E-state index in [2.05, 4.69) is 10.4 Å². The smallest absolute Gasteiger partial charge is 0.165 e. The van der Waals surface area contributed by atoms with Crippen molar-refractivity contribution in [3.8, 4) is 5.75 Å². The molecule has 0 aliphatic rings. The molecule has 0 radical (unpaired) electrons. The van der Waals surface area contributed by atoms with E-state index in [1.54, 1.807) is 17.9 Å². The van der Waals surface area contributed by atoms with E-state index in [1.807, 2.05) is 18.3 Å². The highest BCUT2D eigenvalue weighted by Crippen LogP contribution is 2.18. The zero-order valence-corrected chi connectivity index (χ0v) is 12.3. The molecule has 2 rings (SSSR count). The van der Waals surface area contributed by atoms with E-state index < -0.39 is 0 Å². The normalized spacial score (nSPS) is 10.8. The largest absolute Gasteiger partial charge is 0.494 e. The van der Waals surface area contributed by atoms with Crippen LogP contribution in [0.5, 0.6) is 5.75 Å². The predicted molar refractivity (Wildman–Crippen MR) is 77.9 cm³/mol. The molecule has 0 saturated carbocycles. The Kier molecular flexibility index (Phi) is 5.71. The van der Waals surface area contributed by atoms with Gasteiger partial charge in [0.15, 0.2) is 11.6 Å². The number of aromatic nitrogens is 2. The first-order chi connectivity index (χ1) is 10.2. The van der Waals surface area contributed by atoms with Gasteiger partial charge in [-0.15, -0.1) is 0 Å². The van der Waals surface area contributed by atoms with E-state index in [4.69, 9.17) is 9.47 Å². The summed E-state index contributed by atoms with van der Waals surface area (Å²) in [6.45, 7) is 2.67.